The lowest BCUT2D eigenvalue weighted by Crippen LogP contribution is -2.64. The molecule has 0 N–H and O–H groups in total. The molecule has 0 unspecified atom stereocenters. The lowest BCUT2D eigenvalue weighted by atomic mass is 9.31. The average Bonchev–Trinajstić information content (AvgIpc) is 3.72. The van der Waals surface area contributed by atoms with Crippen LogP contribution in [0.2, 0.25) is 0 Å². The van der Waals surface area contributed by atoms with Crippen molar-refractivity contribution in [1.82, 2.24) is 9.97 Å². The number of hydrogen-bond acceptors (Lipinski definition) is 7. The van der Waals surface area contributed by atoms with Crippen LogP contribution in [0.25, 0.3) is 11.0 Å². The highest BCUT2D eigenvalue weighted by Crippen LogP contribution is 2.51. The van der Waals surface area contributed by atoms with Crippen LogP contribution in [0.1, 0.15) is 51.7 Å². The summed E-state index contributed by atoms with van der Waals surface area (Å²) in [5.74, 6) is 2.35. The summed E-state index contributed by atoms with van der Waals surface area (Å²) in [5.41, 5.74) is 19.0. The van der Waals surface area contributed by atoms with Crippen LogP contribution in [-0.2, 0) is 10.8 Å². The summed E-state index contributed by atoms with van der Waals surface area (Å²) in [7, 11) is 0. The lowest BCUT2D eigenvalue weighted by Gasteiger charge is -2.45. The molecular formula is C56H43B2N5O2. The topological polar surface area (TPSA) is 57.9 Å². The van der Waals surface area contributed by atoms with Crippen LogP contribution in [0.5, 0.6) is 11.6 Å². The van der Waals surface area contributed by atoms with E-state index < -0.39 is 0 Å². The Morgan fingerprint density at radius 1 is 0.508 bits per heavy atom. The van der Waals surface area contributed by atoms with Gasteiger partial charge in [-0.05, 0) is 118 Å². The highest BCUT2D eigenvalue weighted by Gasteiger charge is 2.50. The third-order valence-corrected chi connectivity index (χ3v) is 15.1. The van der Waals surface area contributed by atoms with Crippen molar-refractivity contribution < 1.29 is 9.15 Å². The van der Waals surface area contributed by atoms with Gasteiger partial charge in [0.2, 0.25) is 5.88 Å². The summed E-state index contributed by atoms with van der Waals surface area (Å²) in [4.78, 5) is 17.4. The second kappa shape index (κ2) is 13.0. The zero-order valence-corrected chi connectivity index (χ0v) is 36.7. The van der Waals surface area contributed by atoms with Gasteiger partial charge in [-0.1, -0.05) is 107 Å². The van der Waals surface area contributed by atoms with E-state index >= 15 is 0 Å². The first-order valence-corrected chi connectivity index (χ1v) is 22.8. The van der Waals surface area contributed by atoms with Gasteiger partial charge < -0.3 is 19.0 Å². The SMILES string of the molecule is CC1(C)CCC(C)(C)c2cc(N3c4cc5c(cc4B4c6oc7ccccc7c6N(c6ccccc6)c6nccc3c64)B3c4ccccc4N(c4ccccc4)c4ccnc(c43)O5)ccc21. The number of ether oxygens (including phenoxy) is 1. The molecule has 310 valence electrons. The van der Waals surface area contributed by atoms with E-state index in [0.717, 1.165) is 108 Å². The second-order valence-electron chi connectivity index (χ2n) is 19.6. The molecule has 65 heavy (non-hydrogen) atoms. The summed E-state index contributed by atoms with van der Waals surface area (Å²) in [6, 6.07) is 54.7. The number of benzene rings is 6. The molecule has 5 aliphatic rings. The van der Waals surface area contributed by atoms with E-state index in [1.54, 1.807) is 0 Å². The molecule has 3 aromatic heterocycles. The van der Waals surface area contributed by atoms with E-state index in [9.17, 15) is 0 Å². The Bertz CT molecular complexity index is 3480. The zero-order valence-electron chi connectivity index (χ0n) is 36.7. The van der Waals surface area contributed by atoms with Gasteiger partial charge in [-0.25, -0.2) is 9.97 Å². The van der Waals surface area contributed by atoms with E-state index in [2.05, 4.69) is 194 Å². The molecule has 0 spiro atoms. The highest BCUT2D eigenvalue weighted by atomic mass is 16.5. The van der Waals surface area contributed by atoms with E-state index in [1.165, 1.54) is 16.6 Å². The standard InChI is InChI=1S/C56H43B2N5O2/c1-55(2)27-28-56(3,4)39-31-36(23-24-38(39)55)62-44-25-29-59-53-49(44)58(52-51(37-19-11-14-22-47(37)64-52)63(53)35-17-9-6-10-18-35)41-32-42-48(33-46(41)62)65-54-50-45(26-30-60-54)61(34-15-7-5-8-16-34)43-21-13-12-20-40(43)57(42)50/h5-26,29-33H,27-28H2,1-4H3. The zero-order chi connectivity index (χ0) is 43.3. The van der Waals surface area contributed by atoms with Crippen LogP contribution in [0.15, 0.2) is 168 Å². The summed E-state index contributed by atoms with van der Waals surface area (Å²) in [6.45, 7) is 9.21. The molecule has 1 aliphatic carbocycles. The predicted octanol–water partition coefficient (Wildman–Crippen LogP) is 10.1. The summed E-state index contributed by atoms with van der Waals surface area (Å²) in [6.07, 6.45) is 6.14. The van der Waals surface area contributed by atoms with Crippen molar-refractivity contribution in [3.63, 3.8) is 0 Å². The molecule has 0 bridgehead atoms. The molecule has 0 radical (unpaired) electrons. The molecule has 9 heteroatoms. The number of furan rings is 1. The molecule has 0 saturated heterocycles. The Balaban J connectivity index is 1.07. The quantitative estimate of drug-likeness (QED) is 0.164. The van der Waals surface area contributed by atoms with Crippen molar-refractivity contribution in [1.29, 1.82) is 0 Å². The first kappa shape index (κ1) is 36.9. The Labute approximate surface area is 379 Å². The average molecular weight is 840 g/mol. The van der Waals surface area contributed by atoms with Gasteiger partial charge in [0, 0.05) is 74.6 Å². The predicted molar refractivity (Wildman–Crippen MR) is 267 cm³/mol. The lowest BCUT2D eigenvalue weighted by molar-refractivity contribution is 0.332. The molecule has 0 saturated carbocycles. The summed E-state index contributed by atoms with van der Waals surface area (Å²) < 4.78 is 14.3. The molecule has 4 aliphatic heterocycles. The number of hydrogen-bond donors (Lipinski definition) is 0. The molecule has 7 nitrogen and oxygen atoms in total. The smallest absolute Gasteiger partial charge is 0.299 e. The van der Waals surface area contributed by atoms with Crippen molar-refractivity contribution in [2.75, 3.05) is 14.7 Å². The van der Waals surface area contributed by atoms with Crippen LogP contribution in [0, 0.1) is 0 Å². The van der Waals surface area contributed by atoms with Gasteiger partial charge >= 0.3 is 0 Å². The first-order chi connectivity index (χ1) is 31.7. The maximum absolute atomic E-state index is 7.18. The van der Waals surface area contributed by atoms with Crippen molar-refractivity contribution in [3.05, 3.63) is 175 Å². The number of nitrogens with zero attached hydrogens (tertiary/aromatic N) is 5. The second-order valence-corrected chi connectivity index (χ2v) is 19.6. The van der Waals surface area contributed by atoms with Crippen LogP contribution in [0.4, 0.5) is 51.3 Å². The van der Waals surface area contributed by atoms with Gasteiger partial charge in [0.05, 0.1) is 11.3 Å². The van der Waals surface area contributed by atoms with Crippen molar-refractivity contribution in [2.45, 2.75) is 51.4 Å². The highest BCUT2D eigenvalue weighted by molar-refractivity contribution is 7.02. The van der Waals surface area contributed by atoms with E-state index in [4.69, 9.17) is 19.1 Å². The van der Waals surface area contributed by atoms with Crippen molar-refractivity contribution in [2.24, 2.45) is 0 Å². The van der Waals surface area contributed by atoms with Crippen LogP contribution in [-0.4, -0.2) is 23.4 Å². The molecule has 14 rings (SSSR count). The Morgan fingerprint density at radius 3 is 1.97 bits per heavy atom. The monoisotopic (exact) mass is 839 g/mol. The van der Waals surface area contributed by atoms with Gasteiger partial charge in [0.1, 0.15) is 17.2 Å². The number of pyridine rings is 2. The van der Waals surface area contributed by atoms with Gasteiger partial charge in [-0.15, -0.1) is 0 Å². The Hall–Kier alpha value is -7.51. The number of aromatic nitrogens is 2. The number of fused-ring (bicyclic) bond motifs is 11. The van der Waals surface area contributed by atoms with Crippen LogP contribution in [0.3, 0.4) is 0 Å². The van der Waals surface area contributed by atoms with Gasteiger partial charge in [-0.3, -0.25) is 4.90 Å². The minimum Gasteiger partial charge on any atom is -0.468 e. The minimum absolute atomic E-state index is 0.0149. The largest absolute Gasteiger partial charge is 0.468 e. The van der Waals surface area contributed by atoms with Crippen molar-refractivity contribution in [3.8, 4) is 11.6 Å². The maximum Gasteiger partial charge on any atom is 0.299 e. The number of para-hydroxylation sites is 4. The maximum atomic E-state index is 7.18. The molecule has 7 heterocycles. The van der Waals surface area contributed by atoms with E-state index in [1.807, 2.05) is 12.4 Å². The Kier molecular flexibility index (Phi) is 7.41. The third-order valence-electron chi connectivity index (χ3n) is 15.1. The Morgan fingerprint density at radius 2 is 1.17 bits per heavy atom. The fraction of sp³-hybridized carbons (Fsp3) is 0.143. The summed E-state index contributed by atoms with van der Waals surface area (Å²) in [5, 5.41) is 1.06. The van der Waals surface area contributed by atoms with Crippen LogP contribution >= 0.6 is 0 Å². The van der Waals surface area contributed by atoms with Gasteiger partial charge in [0.25, 0.3) is 13.4 Å². The van der Waals surface area contributed by atoms with Gasteiger partial charge in [-0.2, -0.15) is 0 Å². The minimum atomic E-state index is -0.268. The first-order valence-electron chi connectivity index (χ1n) is 22.8. The summed E-state index contributed by atoms with van der Waals surface area (Å²) >= 11 is 0. The molecular weight excluding hydrogens is 796 g/mol. The molecule has 6 aromatic carbocycles. The fourth-order valence-electron chi connectivity index (χ4n) is 11.9. The number of rotatable bonds is 3. The normalized spacial score (nSPS) is 16.4. The van der Waals surface area contributed by atoms with E-state index in [-0.39, 0.29) is 24.3 Å². The number of anilines is 9. The molecule has 0 fully saturated rings. The molecule has 0 atom stereocenters. The fourth-order valence-corrected chi connectivity index (χ4v) is 11.9. The molecule has 9 aromatic rings. The van der Waals surface area contributed by atoms with E-state index in [0.29, 0.717) is 5.88 Å². The van der Waals surface area contributed by atoms with Gasteiger partial charge in [0.15, 0.2) is 0 Å². The van der Waals surface area contributed by atoms with Crippen molar-refractivity contribution >= 4 is 109 Å². The van der Waals surface area contributed by atoms with Crippen LogP contribution < -0.4 is 52.4 Å². The molecule has 0 amide bonds. The third kappa shape index (κ3) is 5.04.